The van der Waals surface area contributed by atoms with E-state index < -0.39 is 0 Å². The molecule has 196 valence electrons. The zero-order chi connectivity index (χ0) is 27.4. The molecule has 0 saturated heterocycles. The maximum Gasteiger partial charge on any atom is -0.0129 e. The van der Waals surface area contributed by atoms with Crippen molar-refractivity contribution in [1.82, 2.24) is 0 Å². The first-order chi connectivity index (χ1) is 15.5. The third-order valence-corrected chi connectivity index (χ3v) is 7.41. The molecular formula is C35H56. The Morgan fingerprint density at radius 2 is 0.829 bits per heavy atom. The van der Waals surface area contributed by atoms with Gasteiger partial charge in [-0.3, -0.25) is 0 Å². The minimum atomic E-state index is 0.0991. The van der Waals surface area contributed by atoms with Crippen molar-refractivity contribution in [3.63, 3.8) is 0 Å². The fourth-order valence-corrected chi connectivity index (χ4v) is 5.59. The van der Waals surface area contributed by atoms with Gasteiger partial charge in [0.25, 0.3) is 0 Å². The molecule has 0 fully saturated rings. The Morgan fingerprint density at radius 3 is 1.17 bits per heavy atom. The lowest BCUT2D eigenvalue weighted by molar-refractivity contribution is 0.516. The Morgan fingerprint density at radius 1 is 0.486 bits per heavy atom. The molecule has 0 bridgehead atoms. The molecule has 1 atom stereocenters. The first-order valence-electron chi connectivity index (χ1n) is 13.8. The van der Waals surface area contributed by atoms with Crippen LogP contribution in [0.3, 0.4) is 0 Å². The molecule has 0 heteroatoms. The van der Waals surface area contributed by atoms with Crippen molar-refractivity contribution in [2.45, 2.75) is 150 Å². The standard InChI is InChI=1S/C35H56/c1-23(30-25(31(2,3)4)18-17-19-26(30)32(5,6)7)20-24-21-28(34(11,12)13)29(35(14,15)16)22-27(24)33(8,9)10/h17-19,21-23H,20H2,1-16H3. The third-order valence-electron chi connectivity index (χ3n) is 7.41. The summed E-state index contributed by atoms with van der Waals surface area (Å²) in [6.45, 7) is 38.0. The Hall–Kier alpha value is -1.56. The SMILES string of the molecule is CC(Cc1cc(C(C)(C)C)c(C(C)(C)C)cc1C(C)(C)C)c1c(C(C)(C)C)cccc1C(C)(C)C. The smallest absolute Gasteiger partial charge is 0.0129 e. The minimum Gasteiger partial charge on any atom is -0.0617 e. The highest BCUT2D eigenvalue weighted by Gasteiger charge is 2.32. The predicted molar refractivity (Wildman–Crippen MR) is 159 cm³/mol. The normalized spacial score (nSPS) is 14.9. The van der Waals surface area contributed by atoms with E-state index in [4.69, 9.17) is 0 Å². The van der Waals surface area contributed by atoms with Gasteiger partial charge in [-0.2, -0.15) is 0 Å². The van der Waals surface area contributed by atoms with Gasteiger partial charge in [-0.15, -0.1) is 0 Å². The van der Waals surface area contributed by atoms with Gasteiger partial charge in [-0.05, 0) is 78.4 Å². The summed E-state index contributed by atoms with van der Waals surface area (Å²) < 4.78 is 0. The lowest BCUT2D eigenvalue weighted by atomic mass is 9.69. The summed E-state index contributed by atoms with van der Waals surface area (Å²) in [5.41, 5.74) is 11.1. The van der Waals surface area contributed by atoms with Crippen LogP contribution in [0, 0.1) is 0 Å². The lowest BCUT2D eigenvalue weighted by Crippen LogP contribution is -2.26. The molecule has 0 aliphatic heterocycles. The third kappa shape index (κ3) is 6.81. The summed E-state index contributed by atoms with van der Waals surface area (Å²) in [4.78, 5) is 0. The lowest BCUT2D eigenvalue weighted by Gasteiger charge is -2.36. The molecule has 35 heavy (non-hydrogen) atoms. The van der Waals surface area contributed by atoms with Gasteiger partial charge in [0.05, 0.1) is 0 Å². The van der Waals surface area contributed by atoms with Gasteiger partial charge in [0.2, 0.25) is 0 Å². The monoisotopic (exact) mass is 476 g/mol. The van der Waals surface area contributed by atoms with Crippen LogP contribution in [-0.4, -0.2) is 0 Å². The van der Waals surface area contributed by atoms with Crippen molar-refractivity contribution in [1.29, 1.82) is 0 Å². The molecular weight excluding hydrogens is 420 g/mol. The van der Waals surface area contributed by atoms with Crippen molar-refractivity contribution in [2.75, 3.05) is 0 Å². The van der Waals surface area contributed by atoms with E-state index >= 15 is 0 Å². The van der Waals surface area contributed by atoms with E-state index in [1.165, 1.54) is 33.4 Å². The van der Waals surface area contributed by atoms with E-state index in [0.717, 1.165) is 6.42 Å². The van der Waals surface area contributed by atoms with Crippen LogP contribution in [-0.2, 0) is 33.5 Å². The number of benzene rings is 2. The fraction of sp³-hybridized carbons (Fsp3) is 0.657. The second-order valence-electron chi connectivity index (χ2n) is 16.2. The van der Waals surface area contributed by atoms with Crippen molar-refractivity contribution >= 4 is 0 Å². The molecule has 0 saturated carbocycles. The van der Waals surface area contributed by atoms with Crippen molar-refractivity contribution < 1.29 is 0 Å². The summed E-state index contributed by atoms with van der Waals surface area (Å²) >= 11 is 0. The van der Waals surface area contributed by atoms with Crippen LogP contribution in [0.5, 0.6) is 0 Å². The average molecular weight is 477 g/mol. The van der Waals surface area contributed by atoms with Gasteiger partial charge < -0.3 is 0 Å². The molecule has 0 spiro atoms. The van der Waals surface area contributed by atoms with Crippen molar-refractivity contribution in [3.8, 4) is 0 Å². The number of hydrogen-bond donors (Lipinski definition) is 0. The molecule has 0 aliphatic rings. The van der Waals surface area contributed by atoms with Crippen LogP contribution >= 0.6 is 0 Å². The van der Waals surface area contributed by atoms with Crippen LogP contribution in [0.15, 0.2) is 30.3 Å². The molecule has 0 aromatic heterocycles. The second-order valence-corrected chi connectivity index (χ2v) is 16.2. The molecule has 0 aliphatic carbocycles. The van der Waals surface area contributed by atoms with Crippen LogP contribution in [0.2, 0.25) is 0 Å². The van der Waals surface area contributed by atoms with E-state index in [9.17, 15) is 0 Å². The maximum absolute atomic E-state index is 2.58. The van der Waals surface area contributed by atoms with Gasteiger partial charge in [-0.25, -0.2) is 0 Å². The van der Waals surface area contributed by atoms with E-state index in [0.29, 0.717) is 5.92 Å². The molecule has 2 aromatic carbocycles. The zero-order valence-corrected chi connectivity index (χ0v) is 26.2. The highest BCUT2D eigenvalue weighted by Crippen LogP contribution is 2.43. The summed E-state index contributed by atoms with van der Waals surface area (Å²) in [5, 5.41) is 0. The molecule has 2 aromatic rings. The highest BCUT2D eigenvalue weighted by molar-refractivity contribution is 5.50. The van der Waals surface area contributed by atoms with Gasteiger partial charge in [-0.1, -0.05) is 141 Å². The molecule has 0 nitrogen and oxygen atoms in total. The van der Waals surface area contributed by atoms with E-state index in [2.05, 4.69) is 141 Å². The quantitative estimate of drug-likeness (QED) is 0.413. The van der Waals surface area contributed by atoms with Gasteiger partial charge in [0.15, 0.2) is 0 Å². The summed E-state index contributed by atoms with van der Waals surface area (Å²) in [6.07, 6.45) is 1.07. The largest absolute Gasteiger partial charge is 0.0617 e. The average Bonchev–Trinajstić information content (AvgIpc) is 2.63. The zero-order valence-electron chi connectivity index (χ0n) is 26.2. The second kappa shape index (κ2) is 9.39. The molecule has 1 unspecified atom stereocenters. The summed E-state index contributed by atoms with van der Waals surface area (Å²) in [7, 11) is 0. The highest BCUT2D eigenvalue weighted by atomic mass is 14.4. The van der Waals surface area contributed by atoms with Crippen LogP contribution in [0.4, 0.5) is 0 Å². The van der Waals surface area contributed by atoms with E-state index in [1.807, 2.05) is 0 Å². The summed E-state index contributed by atoms with van der Waals surface area (Å²) in [5.74, 6) is 0.439. The fourth-order valence-electron chi connectivity index (χ4n) is 5.59. The van der Waals surface area contributed by atoms with Gasteiger partial charge >= 0.3 is 0 Å². The first kappa shape index (κ1) is 29.7. The van der Waals surface area contributed by atoms with E-state index in [1.54, 1.807) is 5.56 Å². The summed E-state index contributed by atoms with van der Waals surface area (Å²) in [6, 6.07) is 12.1. The molecule has 0 radical (unpaired) electrons. The maximum atomic E-state index is 2.58. The van der Waals surface area contributed by atoms with Crippen molar-refractivity contribution in [2.24, 2.45) is 0 Å². The molecule has 0 amide bonds. The van der Waals surface area contributed by atoms with Gasteiger partial charge in [0, 0.05) is 0 Å². The van der Waals surface area contributed by atoms with Gasteiger partial charge in [0.1, 0.15) is 0 Å². The van der Waals surface area contributed by atoms with Crippen LogP contribution < -0.4 is 0 Å². The van der Waals surface area contributed by atoms with Crippen molar-refractivity contribution in [3.05, 3.63) is 69.3 Å². The molecule has 0 heterocycles. The van der Waals surface area contributed by atoms with Crippen LogP contribution in [0.1, 0.15) is 156 Å². The predicted octanol–water partition coefficient (Wildman–Crippen LogP) is 10.5. The number of hydrogen-bond acceptors (Lipinski definition) is 0. The Balaban J connectivity index is 2.84. The number of rotatable bonds is 3. The molecule has 2 rings (SSSR count). The first-order valence-corrected chi connectivity index (χ1v) is 13.8. The van der Waals surface area contributed by atoms with Crippen LogP contribution in [0.25, 0.3) is 0 Å². The topological polar surface area (TPSA) is 0 Å². The Kier molecular flexibility index (Phi) is 7.96. The Labute approximate surface area is 219 Å². The minimum absolute atomic E-state index is 0.0991. The van der Waals surface area contributed by atoms with E-state index in [-0.39, 0.29) is 27.1 Å². The Bertz CT molecular complexity index is 996. The molecule has 0 N–H and O–H groups in total.